The van der Waals surface area contributed by atoms with Gasteiger partial charge in [0.2, 0.25) is 5.91 Å². The summed E-state index contributed by atoms with van der Waals surface area (Å²) in [5.41, 5.74) is -0.669. The Balaban J connectivity index is 2.51. The lowest BCUT2D eigenvalue weighted by Gasteiger charge is -2.35. The maximum Gasteiger partial charge on any atom is 0.305 e. The minimum atomic E-state index is -0.895. The smallest absolute Gasteiger partial charge is 0.305 e. The lowest BCUT2D eigenvalue weighted by atomic mass is 9.97. The molecule has 1 aliphatic rings. The van der Waals surface area contributed by atoms with Crippen LogP contribution in [0.15, 0.2) is 0 Å². The van der Waals surface area contributed by atoms with Gasteiger partial charge in [-0.15, -0.1) is 0 Å². The molecule has 0 aromatic carbocycles. The number of carboxylic acid groups (broad SMARTS) is 1. The summed E-state index contributed by atoms with van der Waals surface area (Å²) >= 11 is 0. The van der Waals surface area contributed by atoms with Gasteiger partial charge in [0.25, 0.3) is 0 Å². The van der Waals surface area contributed by atoms with Gasteiger partial charge in [-0.05, 0) is 33.1 Å². The number of carbonyl (C=O) groups is 2. The molecule has 0 aliphatic carbocycles. The van der Waals surface area contributed by atoms with Crippen LogP contribution in [-0.4, -0.2) is 47.2 Å². The van der Waals surface area contributed by atoms with E-state index in [1.807, 2.05) is 0 Å². The van der Waals surface area contributed by atoms with Crippen molar-refractivity contribution in [3.05, 3.63) is 0 Å². The van der Waals surface area contributed by atoms with Gasteiger partial charge in [0.05, 0.1) is 18.9 Å². The zero-order valence-electron chi connectivity index (χ0n) is 11.4. The standard InChI is InChI=1S/C13H23NO4/c1-13(2,9-12(16)17)14(3)11(15)8-10-6-4-5-7-18-10/h10H,4-9H2,1-3H3,(H,16,17). The second-order valence-corrected chi connectivity index (χ2v) is 5.53. The van der Waals surface area contributed by atoms with Crippen molar-refractivity contribution in [2.75, 3.05) is 13.7 Å². The lowest BCUT2D eigenvalue weighted by molar-refractivity contribution is -0.144. The average molecular weight is 257 g/mol. The van der Waals surface area contributed by atoms with Crippen molar-refractivity contribution in [2.24, 2.45) is 0 Å². The monoisotopic (exact) mass is 257 g/mol. The first kappa shape index (κ1) is 15.0. The van der Waals surface area contributed by atoms with E-state index in [0.717, 1.165) is 25.9 Å². The molecule has 1 rings (SSSR count). The number of carboxylic acids is 1. The van der Waals surface area contributed by atoms with Crippen molar-refractivity contribution in [1.29, 1.82) is 0 Å². The van der Waals surface area contributed by atoms with Gasteiger partial charge in [0, 0.05) is 19.2 Å². The summed E-state index contributed by atoms with van der Waals surface area (Å²) in [6, 6.07) is 0. The van der Waals surface area contributed by atoms with Crippen LogP contribution in [0.5, 0.6) is 0 Å². The molecule has 1 amide bonds. The van der Waals surface area contributed by atoms with Gasteiger partial charge in [0.1, 0.15) is 0 Å². The molecule has 5 heteroatoms. The number of hydrogen-bond acceptors (Lipinski definition) is 3. The van der Waals surface area contributed by atoms with Crippen molar-refractivity contribution >= 4 is 11.9 Å². The zero-order valence-corrected chi connectivity index (χ0v) is 11.4. The van der Waals surface area contributed by atoms with E-state index in [0.29, 0.717) is 6.42 Å². The van der Waals surface area contributed by atoms with Crippen LogP contribution < -0.4 is 0 Å². The maximum absolute atomic E-state index is 12.1. The van der Waals surface area contributed by atoms with Gasteiger partial charge in [-0.3, -0.25) is 9.59 Å². The molecule has 18 heavy (non-hydrogen) atoms. The van der Waals surface area contributed by atoms with E-state index in [1.54, 1.807) is 20.9 Å². The molecule has 1 heterocycles. The van der Waals surface area contributed by atoms with E-state index < -0.39 is 11.5 Å². The Hall–Kier alpha value is -1.10. The molecule has 1 aliphatic heterocycles. The number of carbonyl (C=O) groups excluding carboxylic acids is 1. The van der Waals surface area contributed by atoms with Gasteiger partial charge in [-0.1, -0.05) is 0 Å². The highest BCUT2D eigenvalue weighted by Crippen LogP contribution is 2.21. The number of nitrogens with zero attached hydrogens (tertiary/aromatic N) is 1. The zero-order chi connectivity index (χ0) is 13.8. The fraction of sp³-hybridized carbons (Fsp3) is 0.846. The molecule has 1 saturated heterocycles. The molecule has 1 N–H and O–H groups in total. The van der Waals surface area contributed by atoms with Crippen molar-refractivity contribution in [2.45, 2.75) is 57.6 Å². The number of amides is 1. The van der Waals surface area contributed by atoms with Crippen molar-refractivity contribution in [3.8, 4) is 0 Å². The third kappa shape index (κ3) is 4.29. The van der Waals surface area contributed by atoms with Gasteiger partial charge in [0.15, 0.2) is 0 Å². The number of aliphatic carboxylic acids is 1. The second kappa shape index (κ2) is 6.18. The molecule has 0 radical (unpaired) electrons. The Kier molecular flexibility index (Phi) is 5.14. The highest BCUT2D eigenvalue weighted by Gasteiger charge is 2.31. The van der Waals surface area contributed by atoms with E-state index >= 15 is 0 Å². The molecule has 0 bridgehead atoms. The number of rotatable bonds is 5. The highest BCUT2D eigenvalue weighted by atomic mass is 16.5. The Morgan fingerprint density at radius 3 is 2.56 bits per heavy atom. The Bertz CT molecular complexity index is 308. The Labute approximate surface area is 108 Å². The molecule has 1 atom stereocenters. The molecule has 1 fully saturated rings. The van der Waals surface area contributed by atoms with Gasteiger partial charge in [-0.25, -0.2) is 0 Å². The third-order valence-corrected chi connectivity index (χ3v) is 3.54. The van der Waals surface area contributed by atoms with Crippen LogP contribution in [0.2, 0.25) is 0 Å². The average Bonchev–Trinajstić information content (AvgIpc) is 2.27. The van der Waals surface area contributed by atoms with Crippen LogP contribution in [0.25, 0.3) is 0 Å². The summed E-state index contributed by atoms with van der Waals surface area (Å²) in [6.07, 6.45) is 3.36. The van der Waals surface area contributed by atoms with Gasteiger partial charge < -0.3 is 14.7 Å². The largest absolute Gasteiger partial charge is 0.481 e. The van der Waals surface area contributed by atoms with Crippen molar-refractivity contribution in [3.63, 3.8) is 0 Å². The predicted octanol–water partition coefficient (Wildman–Crippen LogP) is 1.66. The summed E-state index contributed by atoms with van der Waals surface area (Å²) < 4.78 is 5.53. The minimum absolute atomic E-state index is 0.00525. The lowest BCUT2D eigenvalue weighted by Crippen LogP contribution is -2.47. The summed E-state index contributed by atoms with van der Waals surface area (Å²) in [4.78, 5) is 24.4. The third-order valence-electron chi connectivity index (χ3n) is 3.54. The van der Waals surface area contributed by atoms with Crippen LogP contribution in [0, 0.1) is 0 Å². The molecule has 1 unspecified atom stereocenters. The van der Waals surface area contributed by atoms with E-state index in [4.69, 9.17) is 9.84 Å². The molecular weight excluding hydrogens is 234 g/mol. The highest BCUT2D eigenvalue weighted by molar-refractivity contribution is 5.78. The molecule has 0 aromatic heterocycles. The first-order valence-corrected chi connectivity index (χ1v) is 6.43. The minimum Gasteiger partial charge on any atom is -0.481 e. The first-order chi connectivity index (χ1) is 8.33. The Morgan fingerprint density at radius 2 is 2.06 bits per heavy atom. The molecule has 104 valence electrons. The molecule has 0 saturated carbocycles. The maximum atomic E-state index is 12.1. The summed E-state index contributed by atoms with van der Waals surface area (Å²) in [7, 11) is 1.66. The number of ether oxygens (including phenoxy) is 1. The van der Waals surface area contributed by atoms with E-state index in [1.165, 1.54) is 4.90 Å². The van der Waals surface area contributed by atoms with Crippen LogP contribution in [-0.2, 0) is 14.3 Å². The summed E-state index contributed by atoms with van der Waals surface area (Å²) in [5.74, 6) is -0.943. The molecular formula is C13H23NO4. The molecule has 5 nitrogen and oxygen atoms in total. The van der Waals surface area contributed by atoms with E-state index in [9.17, 15) is 9.59 Å². The fourth-order valence-electron chi connectivity index (χ4n) is 2.13. The van der Waals surface area contributed by atoms with Gasteiger partial charge >= 0.3 is 5.97 Å². The quantitative estimate of drug-likeness (QED) is 0.813. The van der Waals surface area contributed by atoms with Gasteiger partial charge in [-0.2, -0.15) is 0 Å². The van der Waals surface area contributed by atoms with E-state index in [2.05, 4.69) is 0 Å². The van der Waals surface area contributed by atoms with Crippen LogP contribution in [0.4, 0.5) is 0 Å². The topological polar surface area (TPSA) is 66.8 Å². The van der Waals surface area contributed by atoms with Crippen LogP contribution in [0.3, 0.4) is 0 Å². The SMILES string of the molecule is CN(C(=O)CC1CCCCO1)C(C)(C)CC(=O)O. The molecule has 0 spiro atoms. The number of hydrogen-bond donors (Lipinski definition) is 1. The van der Waals surface area contributed by atoms with E-state index in [-0.39, 0.29) is 18.4 Å². The first-order valence-electron chi connectivity index (χ1n) is 6.43. The Morgan fingerprint density at radius 1 is 1.39 bits per heavy atom. The van der Waals surface area contributed by atoms with Crippen molar-refractivity contribution < 1.29 is 19.4 Å². The summed E-state index contributed by atoms with van der Waals surface area (Å²) in [5, 5.41) is 8.84. The molecule has 0 aromatic rings. The normalized spacial score (nSPS) is 20.5. The van der Waals surface area contributed by atoms with Crippen LogP contribution >= 0.6 is 0 Å². The summed E-state index contributed by atoms with van der Waals surface area (Å²) in [6.45, 7) is 4.25. The second-order valence-electron chi connectivity index (χ2n) is 5.53. The fourth-order valence-corrected chi connectivity index (χ4v) is 2.13. The van der Waals surface area contributed by atoms with Crippen molar-refractivity contribution in [1.82, 2.24) is 4.90 Å². The predicted molar refractivity (Wildman–Crippen MR) is 67.3 cm³/mol. The van der Waals surface area contributed by atoms with Crippen LogP contribution in [0.1, 0.15) is 46.0 Å².